The van der Waals surface area contributed by atoms with Crippen LogP contribution < -0.4 is 0 Å². The molecule has 0 aromatic carbocycles. The summed E-state index contributed by atoms with van der Waals surface area (Å²) in [7, 11) is -1.99. The van der Waals surface area contributed by atoms with Gasteiger partial charge in [-0.1, -0.05) is 0 Å². The van der Waals surface area contributed by atoms with E-state index in [-0.39, 0.29) is 0 Å². The summed E-state index contributed by atoms with van der Waals surface area (Å²) >= 11 is 0. The zero-order valence-corrected chi connectivity index (χ0v) is 9.09. The highest BCUT2D eigenvalue weighted by Gasteiger charge is 2.29. The smallest absolute Gasteiger partial charge is 0.335 e. The lowest BCUT2D eigenvalue weighted by Gasteiger charge is -2.24. The van der Waals surface area contributed by atoms with Gasteiger partial charge in [0.25, 0.3) is 0 Å². The minimum atomic E-state index is -1.99. The van der Waals surface area contributed by atoms with Gasteiger partial charge >= 0.3 is 8.56 Å². The third-order valence-electron chi connectivity index (χ3n) is 1.59. The normalized spacial score (nSPS) is 11.2. The number of hydrogen-bond acceptors (Lipinski definition) is 3. The first-order valence-electron chi connectivity index (χ1n) is 4.33. The molecule has 0 N–H and O–H groups in total. The number of hydrogen-bond donors (Lipinski definition) is 0. The molecule has 0 aliphatic heterocycles. The zero-order chi connectivity index (χ0) is 9.45. The fourth-order valence-corrected chi connectivity index (χ4v) is 3.24. The van der Waals surface area contributed by atoms with Gasteiger partial charge in [-0.05, 0) is 20.4 Å². The molecule has 0 radical (unpaired) electrons. The molecule has 0 aliphatic rings. The molecule has 12 heavy (non-hydrogen) atoms. The second-order valence-electron chi connectivity index (χ2n) is 2.66. The van der Waals surface area contributed by atoms with Gasteiger partial charge in [-0.25, -0.2) is 0 Å². The van der Waals surface area contributed by atoms with E-state index in [4.69, 9.17) is 14.1 Å². The van der Waals surface area contributed by atoms with Gasteiger partial charge in [0.2, 0.25) is 0 Å². The van der Waals surface area contributed by atoms with Crippen molar-refractivity contribution >= 4 is 8.56 Å². The van der Waals surface area contributed by atoms with Crippen LogP contribution in [0.4, 0.5) is 0 Å². The molecule has 0 amide bonds. The van der Waals surface area contributed by atoms with Gasteiger partial charge in [-0.2, -0.15) is 5.26 Å². The van der Waals surface area contributed by atoms with Crippen LogP contribution in [0.3, 0.4) is 0 Å². The first kappa shape index (κ1) is 11.6. The monoisotopic (exact) mass is 187 g/mol. The molecule has 0 bridgehead atoms. The van der Waals surface area contributed by atoms with Crippen LogP contribution in [0.25, 0.3) is 0 Å². The Kier molecular flexibility index (Phi) is 5.99. The van der Waals surface area contributed by atoms with Crippen LogP contribution in [0.5, 0.6) is 0 Å². The third-order valence-corrected chi connectivity index (χ3v) is 4.55. The predicted molar refractivity (Wildman–Crippen MR) is 49.9 cm³/mol. The van der Waals surface area contributed by atoms with Crippen molar-refractivity contribution in [1.29, 1.82) is 5.26 Å². The SMILES string of the molecule is CCO[Si](C)(CCC#N)OCC. The van der Waals surface area contributed by atoms with E-state index in [9.17, 15) is 0 Å². The molecule has 0 saturated heterocycles. The van der Waals surface area contributed by atoms with Crippen molar-refractivity contribution in [3.05, 3.63) is 0 Å². The average molecular weight is 187 g/mol. The van der Waals surface area contributed by atoms with Crippen molar-refractivity contribution in [3.8, 4) is 6.07 Å². The van der Waals surface area contributed by atoms with E-state index in [1.165, 1.54) is 0 Å². The first-order chi connectivity index (χ1) is 5.68. The Morgan fingerprint density at radius 3 is 2.08 bits per heavy atom. The van der Waals surface area contributed by atoms with Crippen molar-refractivity contribution in [2.24, 2.45) is 0 Å². The van der Waals surface area contributed by atoms with E-state index >= 15 is 0 Å². The van der Waals surface area contributed by atoms with E-state index in [0.717, 1.165) is 6.04 Å². The summed E-state index contributed by atoms with van der Waals surface area (Å²) in [4.78, 5) is 0. The maximum atomic E-state index is 8.43. The molecule has 4 heteroatoms. The van der Waals surface area contributed by atoms with E-state index < -0.39 is 8.56 Å². The molecule has 0 saturated carbocycles. The van der Waals surface area contributed by atoms with E-state index in [1.54, 1.807) is 0 Å². The fraction of sp³-hybridized carbons (Fsp3) is 0.875. The summed E-state index contributed by atoms with van der Waals surface area (Å²) in [6.07, 6.45) is 0.530. The van der Waals surface area contributed by atoms with E-state index in [2.05, 4.69) is 6.07 Å². The molecule has 0 rings (SSSR count). The average Bonchev–Trinajstić information content (AvgIpc) is 2.02. The molecule has 0 aliphatic carbocycles. The maximum absolute atomic E-state index is 8.43. The number of nitrogens with zero attached hydrogens (tertiary/aromatic N) is 1. The van der Waals surface area contributed by atoms with Crippen molar-refractivity contribution in [3.63, 3.8) is 0 Å². The van der Waals surface area contributed by atoms with Crippen molar-refractivity contribution in [2.45, 2.75) is 32.9 Å². The molecule has 0 unspecified atom stereocenters. The number of nitriles is 1. The molecule has 3 nitrogen and oxygen atoms in total. The van der Waals surface area contributed by atoms with E-state index in [0.29, 0.717) is 19.6 Å². The topological polar surface area (TPSA) is 42.2 Å². The Bertz CT molecular complexity index is 150. The molecule has 0 atom stereocenters. The Morgan fingerprint density at radius 1 is 1.25 bits per heavy atom. The lowest BCUT2D eigenvalue weighted by Crippen LogP contribution is -2.38. The molecular weight excluding hydrogens is 170 g/mol. The Balaban J connectivity index is 3.90. The Morgan fingerprint density at radius 2 is 1.75 bits per heavy atom. The van der Waals surface area contributed by atoms with Gasteiger partial charge in [0.15, 0.2) is 0 Å². The van der Waals surface area contributed by atoms with Crippen LogP contribution in [0.2, 0.25) is 12.6 Å². The second kappa shape index (κ2) is 6.18. The quantitative estimate of drug-likeness (QED) is 0.598. The van der Waals surface area contributed by atoms with Gasteiger partial charge in [-0.15, -0.1) is 0 Å². The third kappa shape index (κ3) is 4.49. The molecular formula is C8H17NO2Si. The van der Waals surface area contributed by atoms with Gasteiger partial charge < -0.3 is 8.85 Å². The van der Waals surface area contributed by atoms with Crippen LogP contribution in [0, 0.1) is 11.3 Å². The molecule has 0 aromatic rings. The van der Waals surface area contributed by atoms with Crippen LogP contribution in [0.1, 0.15) is 20.3 Å². The van der Waals surface area contributed by atoms with Gasteiger partial charge in [-0.3, -0.25) is 0 Å². The minimum Gasteiger partial charge on any atom is -0.395 e. The molecule has 0 fully saturated rings. The predicted octanol–water partition coefficient (Wildman–Crippen LogP) is 2.05. The number of rotatable bonds is 6. The minimum absolute atomic E-state index is 0.530. The molecule has 70 valence electrons. The lowest BCUT2D eigenvalue weighted by molar-refractivity contribution is 0.189. The summed E-state index contributed by atoms with van der Waals surface area (Å²) in [5.74, 6) is 0. The Hall–Kier alpha value is -0.373. The summed E-state index contributed by atoms with van der Waals surface area (Å²) in [5, 5.41) is 8.43. The van der Waals surface area contributed by atoms with Gasteiger partial charge in [0.1, 0.15) is 0 Å². The summed E-state index contributed by atoms with van der Waals surface area (Å²) in [5.41, 5.74) is 0. The van der Waals surface area contributed by atoms with Crippen LogP contribution in [0.15, 0.2) is 0 Å². The highest BCUT2D eigenvalue weighted by molar-refractivity contribution is 6.66. The van der Waals surface area contributed by atoms with Crippen molar-refractivity contribution in [1.82, 2.24) is 0 Å². The second-order valence-corrected chi connectivity index (χ2v) is 6.00. The summed E-state index contributed by atoms with van der Waals surface area (Å²) in [6, 6.07) is 2.88. The van der Waals surface area contributed by atoms with Crippen molar-refractivity contribution in [2.75, 3.05) is 13.2 Å². The van der Waals surface area contributed by atoms with E-state index in [1.807, 2.05) is 20.4 Å². The largest absolute Gasteiger partial charge is 0.395 e. The lowest BCUT2D eigenvalue weighted by atomic mass is 10.6. The maximum Gasteiger partial charge on any atom is 0.335 e. The summed E-state index contributed by atoms with van der Waals surface area (Å²) in [6.45, 7) is 7.27. The molecule has 0 aromatic heterocycles. The fourth-order valence-electron chi connectivity index (χ4n) is 1.08. The van der Waals surface area contributed by atoms with Gasteiger partial charge in [0, 0.05) is 25.7 Å². The highest BCUT2D eigenvalue weighted by atomic mass is 28.4. The van der Waals surface area contributed by atoms with Crippen molar-refractivity contribution < 1.29 is 8.85 Å². The molecule has 0 heterocycles. The van der Waals surface area contributed by atoms with Crippen LogP contribution >= 0.6 is 0 Å². The molecule has 0 spiro atoms. The summed E-state index contributed by atoms with van der Waals surface area (Å²) < 4.78 is 11.1. The van der Waals surface area contributed by atoms with Crippen LogP contribution in [-0.2, 0) is 8.85 Å². The van der Waals surface area contributed by atoms with Crippen LogP contribution in [-0.4, -0.2) is 21.8 Å². The van der Waals surface area contributed by atoms with Gasteiger partial charge in [0.05, 0.1) is 6.07 Å². The highest BCUT2D eigenvalue weighted by Crippen LogP contribution is 2.14. The standard InChI is InChI=1S/C8H17NO2Si/c1-4-10-12(3,11-5-2)8-6-7-9/h4-6,8H2,1-3H3. The Labute approximate surface area is 75.5 Å². The first-order valence-corrected chi connectivity index (χ1v) is 6.85. The zero-order valence-electron chi connectivity index (χ0n) is 8.09.